The topological polar surface area (TPSA) is 125 Å². The average molecular weight is 571 g/mol. The van der Waals surface area contributed by atoms with E-state index >= 15 is 0 Å². The van der Waals surface area contributed by atoms with Gasteiger partial charge in [0.25, 0.3) is 0 Å². The number of ether oxygens (including phenoxy) is 4. The van der Waals surface area contributed by atoms with Gasteiger partial charge in [-0.15, -0.1) is 0 Å². The predicted octanol–water partition coefficient (Wildman–Crippen LogP) is 4.53. The van der Waals surface area contributed by atoms with Crippen LogP contribution in [0.1, 0.15) is 78.9 Å². The maximum Gasteiger partial charge on any atom is 0.335 e. The van der Waals surface area contributed by atoms with Crippen molar-refractivity contribution in [2.45, 2.75) is 97.2 Å². The van der Waals surface area contributed by atoms with Gasteiger partial charge in [-0.25, -0.2) is 9.59 Å². The number of fused-ring (bicyclic) bond motifs is 5. The van der Waals surface area contributed by atoms with Crippen LogP contribution in [0.4, 0.5) is 0 Å². The van der Waals surface area contributed by atoms with E-state index in [1.807, 2.05) is 19.9 Å². The van der Waals surface area contributed by atoms with E-state index < -0.39 is 58.0 Å². The molecule has 3 aliphatic carbocycles. The minimum absolute atomic E-state index is 0.0252. The van der Waals surface area contributed by atoms with Crippen molar-refractivity contribution in [3.63, 3.8) is 0 Å². The Morgan fingerprint density at radius 2 is 1.90 bits per heavy atom. The lowest BCUT2D eigenvalue weighted by Gasteiger charge is -2.66. The SMILES string of the molecule is CC=C(C)C(=O)O[C@@H]1[C@H]2C[C@](C)([C@H]3CC[C@]4(C)[C@@H](CC(=O)O[C@H]4c4ccoc4)[C@@]34O[C@@H]24)[C@@H]([C@@H](O)C(=O)OC)C1(C)C. The lowest BCUT2D eigenvalue weighted by Crippen LogP contribution is -2.70. The van der Waals surface area contributed by atoms with Gasteiger partial charge >= 0.3 is 17.9 Å². The molecule has 6 rings (SSSR count). The van der Waals surface area contributed by atoms with Crippen LogP contribution in [0, 0.1) is 39.9 Å². The molecule has 1 N–H and O–H groups in total. The number of aliphatic hydroxyl groups excluding tert-OH is 1. The second-order valence-electron chi connectivity index (χ2n) is 14.1. The molecule has 9 heteroatoms. The van der Waals surface area contributed by atoms with E-state index in [4.69, 9.17) is 23.4 Å². The number of hydrogen-bond donors (Lipinski definition) is 1. The van der Waals surface area contributed by atoms with Crippen LogP contribution < -0.4 is 0 Å². The molecule has 0 radical (unpaired) electrons. The molecule has 1 aromatic rings. The van der Waals surface area contributed by atoms with Crippen molar-refractivity contribution in [1.29, 1.82) is 0 Å². The van der Waals surface area contributed by atoms with E-state index in [0.717, 1.165) is 18.4 Å². The zero-order valence-corrected chi connectivity index (χ0v) is 25.0. The molecule has 11 atom stereocenters. The van der Waals surface area contributed by atoms with E-state index in [-0.39, 0.29) is 36.2 Å². The number of epoxide rings is 1. The molecule has 1 spiro atoms. The molecule has 2 saturated heterocycles. The van der Waals surface area contributed by atoms with Crippen molar-refractivity contribution >= 4 is 17.9 Å². The van der Waals surface area contributed by atoms with Gasteiger partial charge in [0, 0.05) is 39.7 Å². The van der Waals surface area contributed by atoms with Crippen LogP contribution in [0.5, 0.6) is 0 Å². The van der Waals surface area contributed by atoms with Crippen LogP contribution in [-0.2, 0) is 33.3 Å². The van der Waals surface area contributed by atoms with Gasteiger partial charge in [-0.3, -0.25) is 4.79 Å². The van der Waals surface area contributed by atoms with Gasteiger partial charge in [0.1, 0.15) is 17.8 Å². The number of carbonyl (C=O) groups excluding carboxylic acids is 3. The molecule has 9 nitrogen and oxygen atoms in total. The van der Waals surface area contributed by atoms with Gasteiger partial charge in [0.2, 0.25) is 0 Å². The Bertz CT molecular complexity index is 1280. The van der Waals surface area contributed by atoms with E-state index in [1.54, 1.807) is 32.4 Å². The van der Waals surface area contributed by atoms with Crippen molar-refractivity contribution < 1.29 is 42.9 Å². The van der Waals surface area contributed by atoms with Gasteiger partial charge in [0.15, 0.2) is 6.10 Å². The molecular weight excluding hydrogens is 528 g/mol. The fourth-order valence-corrected chi connectivity index (χ4v) is 10.2. The molecule has 5 fully saturated rings. The molecule has 2 bridgehead atoms. The number of furan rings is 1. The summed E-state index contributed by atoms with van der Waals surface area (Å²) in [6.45, 7) is 11.8. The summed E-state index contributed by atoms with van der Waals surface area (Å²) in [5.41, 5.74) is -1.10. The third-order valence-corrected chi connectivity index (χ3v) is 11.9. The molecule has 5 aliphatic rings. The zero-order chi connectivity index (χ0) is 29.7. The van der Waals surface area contributed by atoms with Gasteiger partial charge < -0.3 is 28.5 Å². The first kappa shape index (κ1) is 28.5. The Balaban J connectivity index is 1.48. The van der Waals surface area contributed by atoms with Gasteiger partial charge in [-0.1, -0.05) is 33.8 Å². The second-order valence-corrected chi connectivity index (χ2v) is 14.1. The summed E-state index contributed by atoms with van der Waals surface area (Å²) in [5.74, 6) is -2.34. The van der Waals surface area contributed by atoms with Crippen molar-refractivity contribution in [3.8, 4) is 0 Å². The summed E-state index contributed by atoms with van der Waals surface area (Å²) < 4.78 is 29.5. The first-order valence-electron chi connectivity index (χ1n) is 14.8. The Hall–Kier alpha value is -2.65. The third kappa shape index (κ3) is 3.70. The molecule has 2 aliphatic heterocycles. The number of allylic oxidation sites excluding steroid dienone is 1. The lowest BCUT2D eigenvalue weighted by molar-refractivity contribution is -0.241. The van der Waals surface area contributed by atoms with Crippen LogP contribution in [0.15, 0.2) is 34.7 Å². The Morgan fingerprint density at radius 1 is 1.17 bits per heavy atom. The highest BCUT2D eigenvalue weighted by atomic mass is 16.6. The molecular formula is C32H42O9. The van der Waals surface area contributed by atoms with E-state index in [1.165, 1.54) is 7.11 Å². The molecule has 41 heavy (non-hydrogen) atoms. The summed E-state index contributed by atoms with van der Waals surface area (Å²) in [6, 6.07) is 1.85. The van der Waals surface area contributed by atoms with Crippen molar-refractivity contribution in [1.82, 2.24) is 0 Å². The van der Waals surface area contributed by atoms with Crippen LogP contribution in [-0.4, -0.2) is 54.0 Å². The number of aliphatic hydroxyl groups is 1. The van der Waals surface area contributed by atoms with Crippen LogP contribution in [0.25, 0.3) is 0 Å². The molecule has 3 saturated carbocycles. The van der Waals surface area contributed by atoms with Crippen LogP contribution in [0.2, 0.25) is 0 Å². The maximum atomic E-state index is 13.2. The van der Waals surface area contributed by atoms with Gasteiger partial charge in [0.05, 0.1) is 32.2 Å². The van der Waals surface area contributed by atoms with Crippen LogP contribution in [0.3, 0.4) is 0 Å². The zero-order valence-electron chi connectivity index (χ0n) is 25.0. The number of methoxy groups -OCH3 is 1. The number of esters is 3. The second kappa shape index (κ2) is 9.17. The molecule has 3 heterocycles. The third-order valence-electron chi connectivity index (χ3n) is 11.9. The smallest absolute Gasteiger partial charge is 0.335 e. The molecule has 0 unspecified atom stereocenters. The van der Waals surface area contributed by atoms with E-state index in [2.05, 4.69) is 13.8 Å². The Labute approximate surface area is 240 Å². The monoisotopic (exact) mass is 570 g/mol. The van der Waals surface area contributed by atoms with Crippen LogP contribution >= 0.6 is 0 Å². The maximum absolute atomic E-state index is 13.2. The number of carbonyl (C=O) groups is 3. The highest BCUT2D eigenvalue weighted by Crippen LogP contribution is 2.78. The fourth-order valence-electron chi connectivity index (χ4n) is 10.2. The first-order valence-corrected chi connectivity index (χ1v) is 14.8. The number of hydrogen-bond acceptors (Lipinski definition) is 9. The van der Waals surface area contributed by atoms with E-state index in [9.17, 15) is 19.5 Å². The summed E-state index contributed by atoms with van der Waals surface area (Å²) >= 11 is 0. The molecule has 0 aromatic carbocycles. The average Bonchev–Trinajstić information content (AvgIpc) is 3.40. The predicted molar refractivity (Wildman–Crippen MR) is 145 cm³/mol. The van der Waals surface area contributed by atoms with Gasteiger partial charge in [-0.05, 0) is 50.5 Å². The highest BCUT2D eigenvalue weighted by molar-refractivity contribution is 5.87. The Kier molecular flexibility index (Phi) is 6.37. The standard InChI is InChI=1S/C32H42O9/c1-8-16(2)27(35)40-25-18-14-31(6,23(29(25,3)4)22(34)28(36)37-7)19-9-11-30(5)20(32(19)26(18)41-32)13-21(33)39-24(30)17-10-12-38-15-17/h8,10,12,15,18-20,22-26,34H,9,11,13-14H2,1-7H3/t18-,19-,20-,22-,23+,24+,25-,26+,30-,31-,32+/m1/s1. The quantitative estimate of drug-likeness (QED) is 0.235. The summed E-state index contributed by atoms with van der Waals surface area (Å²) in [6.07, 6.45) is 4.62. The number of cyclic esters (lactones) is 1. The highest BCUT2D eigenvalue weighted by Gasteiger charge is 2.84. The van der Waals surface area contributed by atoms with Crippen molar-refractivity contribution in [3.05, 3.63) is 35.8 Å². The summed E-state index contributed by atoms with van der Waals surface area (Å²) in [5, 5.41) is 11.6. The summed E-state index contributed by atoms with van der Waals surface area (Å²) in [7, 11) is 1.28. The Morgan fingerprint density at radius 3 is 2.54 bits per heavy atom. The first-order chi connectivity index (χ1) is 19.3. The minimum Gasteiger partial charge on any atom is -0.472 e. The number of rotatable bonds is 5. The van der Waals surface area contributed by atoms with Crippen molar-refractivity contribution in [2.75, 3.05) is 7.11 Å². The van der Waals surface area contributed by atoms with Gasteiger partial charge in [-0.2, -0.15) is 0 Å². The molecule has 224 valence electrons. The largest absolute Gasteiger partial charge is 0.472 e. The fraction of sp³-hybridized carbons (Fsp3) is 0.719. The molecule has 0 amide bonds. The summed E-state index contributed by atoms with van der Waals surface area (Å²) in [4.78, 5) is 39.3. The normalized spacial score (nSPS) is 44.8. The van der Waals surface area contributed by atoms with Crippen molar-refractivity contribution in [2.24, 2.45) is 39.9 Å². The molecule has 1 aromatic heterocycles. The lowest BCUT2D eigenvalue weighted by atomic mass is 9.37. The van der Waals surface area contributed by atoms with E-state index in [0.29, 0.717) is 12.0 Å². The minimum atomic E-state index is -1.42.